The number of aromatic nitrogens is 2. The minimum absolute atomic E-state index is 0.0543. The number of hydrogen-bond donors (Lipinski definition) is 1. The Morgan fingerprint density at radius 2 is 1.35 bits per heavy atom. The molecule has 7 rings (SSSR count). The average Bonchev–Trinajstić information content (AvgIpc) is 3.44. The number of nitrogens with two attached hydrogens (primary N) is 1. The summed E-state index contributed by atoms with van der Waals surface area (Å²) in [7, 11) is 0. The molecule has 1 amide bonds. The van der Waals surface area contributed by atoms with E-state index in [0.29, 0.717) is 16.2 Å². The number of hydrogen-bond acceptors (Lipinski definition) is 7. The molecule has 1 aliphatic rings. The normalized spacial score (nSPS) is 16.1. The average molecular weight is 617 g/mol. The third-order valence-electron chi connectivity index (χ3n) is 7.49. The Balaban J connectivity index is 1.21. The highest BCUT2D eigenvalue weighted by atomic mass is 32.2. The number of thiophene rings is 1. The number of nitrogen functional groups attached to an aromatic ring is 1. The van der Waals surface area contributed by atoms with Crippen LogP contribution in [-0.2, 0) is 11.2 Å². The zero-order valence-electron chi connectivity index (χ0n) is 23.2. The number of para-hydroxylation sites is 2. The number of benzene rings is 4. The summed E-state index contributed by atoms with van der Waals surface area (Å²) in [6.45, 7) is 0. The standard InChI is InChI=1S/C35H28N4OS3/c36-33-30-27-21-28(23-13-5-1-6-14-23)42-31(24-15-7-2-8-16-24)32(27)43-34(30)38-35(37-33)41-22-29(40)39(25-17-9-3-10-18-25)26-19-11-4-12-20-26/h1-20,28,31H,21-22H2,(H2,36,37,38)/t28-,31+/m0/s1. The van der Waals surface area contributed by atoms with Gasteiger partial charge in [-0.05, 0) is 47.4 Å². The predicted molar refractivity (Wildman–Crippen MR) is 181 cm³/mol. The minimum atomic E-state index is -0.0543. The summed E-state index contributed by atoms with van der Waals surface area (Å²) < 4.78 is 0. The van der Waals surface area contributed by atoms with Crippen LogP contribution in [0.5, 0.6) is 0 Å². The van der Waals surface area contributed by atoms with Crippen LogP contribution in [0.1, 0.15) is 32.1 Å². The molecule has 0 fully saturated rings. The second kappa shape index (κ2) is 12.2. The number of nitrogens with zero attached hydrogens (tertiary/aromatic N) is 3. The molecule has 0 radical (unpaired) electrons. The first-order chi connectivity index (χ1) is 21.2. The summed E-state index contributed by atoms with van der Waals surface area (Å²) in [5, 5.41) is 1.94. The van der Waals surface area contributed by atoms with Crippen molar-refractivity contribution in [1.82, 2.24) is 9.97 Å². The fourth-order valence-corrected chi connectivity index (χ4v) is 9.30. The van der Waals surface area contributed by atoms with Crippen LogP contribution in [0, 0.1) is 0 Å². The van der Waals surface area contributed by atoms with Crippen molar-refractivity contribution in [3.63, 3.8) is 0 Å². The topological polar surface area (TPSA) is 72.1 Å². The molecule has 2 aromatic heterocycles. The van der Waals surface area contributed by atoms with Crippen molar-refractivity contribution in [3.8, 4) is 0 Å². The second-order valence-corrected chi connectivity index (χ2v) is 13.5. The van der Waals surface area contributed by atoms with Gasteiger partial charge in [0.1, 0.15) is 10.6 Å². The fourth-order valence-electron chi connectivity index (χ4n) is 5.53. The van der Waals surface area contributed by atoms with Crippen LogP contribution in [0.15, 0.2) is 126 Å². The molecular formula is C35H28N4OS3. The summed E-state index contributed by atoms with van der Waals surface area (Å²) in [6.07, 6.45) is 0.870. The fraction of sp³-hybridized carbons (Fsp3) is 0.114. The zero-order chi connectivity index (χ0) is 29.2. The highest BCUT2D eigenvalue weighted by molar-refractivity contribution is 8.00. The Labute approximate surface area is 263 Å². The first-order valence-corrected chi connectivity index (χ1v) is 16.8. The molecular weight excluding hydrogens is 589 g/mol. The first-order valence-electron chi connectivity index (χ1n) is 14.1. The Hall–Kier alpha value is -4.11. The summed E-state index contributed by atoms with van der Waals surface area (Å²) >= 11 is 5.01. The second-order valence-electron chi connectivity index (χ2n) is 10.2. The van der Waals surface area contributed by atoms with Crippen molar-refractivity contribution >= 4 is 68.2 Å². The van der Waals surface area contributed by atoms with Crippen molar-refractivity contribution in [1.29, 1.82) is 0 Å². The number of rotatable bonds is 7. The quantitative estimate of drug-likeness (QED) is 0.143. The lowest BCUT2D eigenvalue weighted by Gasteiger charge is -2.30. The smallest absolute Gasteiger partial charge is 0.242 e. The Kier molecular flexibility index (Phi) is 7.89. The van der Waals surface area contributed by atoms with Crippen LogP contribution < -0.4 is 10.6 Å². The molecule has 0 saturated carbocycles. The number of anilines is 3. The van der Waals surface area contributed by atoms with Gasteiger partial charge in [-0.25, -0.2) is 9.97 Å². The molecule has 2 N–H and O–H groups in total. The third kappa shape index (κ3) is 5.66. The Bertz CT molecular complexity index is 1830. The maximum absolute atomic E-state index is 13.6. The number of amides is 1. The van der Waals surface area contributed by atoms with Gasteiger partial charge in [0.25, 0.3) is 0 Å². The summed E-state index contributed by atoms with van der Waals surface area (Å²) in [5.41, 5.74) is 12.1. The maximum atomic E-state index is 13.6. The van der Waals surface area contributed by atoms with Gasteiger partial charge >= 0.3 is 0 Å². The largest absolute Gasteiger partial charge is 0.383 e. The third-order valence-corrected chi connectivity index (χ3v) is 11.2. The molecule has 0 unspecified atom stereocenters. The molecule has 0 aliphatic carbocycles. The first kappa shape index (κ1) is 27.7. The number of carbonyl (C=O) groups excluding carboxylic acids is 1. The maximum Gasteiger partial charge on any atom is 0.242 e. The summed E-state index contributed by atoms with van der Waals surface area (Å²) in [4.78, 5) is 27.2. The van der Waals surface area contributed by atoms with Crippen molar-refractivity contribution in [2.75, 3.05) is 16.4 Å². The van der Waals surface area contributed by atoms with Gasteiger partial charge in [0.2, 0.25) is 5.91 Å². The Morgan fingerprint density at radius 1 is 0.791 bits per heavy atom. The van der Waals surface area contributed by atoms with Gasteiger partial charge in [-0.2, -0.15) is 0 Å². The lowest BCUT2D eigenvalue weighted by atomic mass is 9.98. The van der Waals surface area contributed by atoms with Crippen LogP contribution in [0.2, 0.25) is 0 Å². The van der Waals surface area contributed by atoms with Crippen LogP contribution in [0.4, 0.5) is 17.2 Å². The van der Waals surface area contributed by atoms with Crippen LogP contribution in [0.3, 0.4) is 0 Å². The van der Waals surface area contributed by atoms with Gasteiger partial charge < -0.3 is 5.73 Å². The molecule has 5 nitrogen and oxygen atoms in total. The predicted octanol–water partition coefficient (Wildman–Crippen LogP) is 8.85. The van der Waals surface area contributed by atoms with E-state index in [0.717, 1.165) is 28.0 Å². The lowest BCUT2D eigenvalue weighted by Crippen LogP contribution is -2.27. The molecule has 0 saturated heterocycles. The van der Waals surface area contributed by atoms with E-state index < -0.39 is 0 Å². The van der Waals surface area contributed by atoms with E-state index in [4.69, 9.17) is 15.7 Å². The molecule has 4 aromatic carbocycles. The van der Waals surface area contributed by atoms with E-state index in [-0.39, 0.29) is 16.9 Å². The van der Waals surface area contributed by atoms with Crippen LogP contribution in [-0.4, -0.2) is 21.6 Å². The van der Waals surface area contributed by atoms with Gasteiger partial charge in [0.05, 0.1) is 16.4 Å². The van der Waals surface area contributed by atoms with Gasteiger partial charge in [-0.15, -0.1) is 23.1 Å². The van der Waals surface area contributed by atoms with E-state index in [1.54, 1.807) is 16.2 Å². The van der Waals surface area contributed by atoms with E-state index in [9.17, 15) is 4.79 Å². The molecule has 1 aliphatic heterocycles. The lowest BCUT2D eigenvalue weighted by molar-refractivity contribution is -0.115. The van der Waals surface area contributed by atoms with Crippen molar-refractivity contribution in [2.45, 2.75) is 22.1 Å². The molecule has 0 spiro atoms. The molecule has 8 heteroatoms. The SMILES string of the molecule is Nc1nc(SCC(=O)N(c2ccccc2)c2ccccc2)nc2sc3c(c12)C[C@@H](c1ccccc1)S[C@@H]3c1ccccc1. The number of thioether (sulfide) groups is 2. The molecule has 3 heterocycles. The summed E-state index contributed by atoms with van der Waals surface area (Å²) in [6, 6.07) is 40.7. The van der Waals surface area contributed by atoms with Gasteiger partial charge in [0, 0.05) is 21.5 Å². The Morgan fingerprint density at radius 3 is 1.95 bits per heavy atom. The van der Waals surface area contributed by atoms with Gasteiger partial charge in [0.15, 0.2) is 5.16 Å². The van der Waals surface area contributed by atoms with E-state index in [1.807, 2.05) is 72.4 Å². The molecule has 212 valence electrons. The van der Waals surface area contributed by atoms with Crippen molar-refractivity contribution < 1.29 is 4.79 Å². The number of carbonyl (C=O) groups is 1. The monoisotopic (exact) mass is 616 g/mol. The van der Waals surface area contributed by atoms with Crippen molar-refractivity contribution in [2.24, 2.45) is 0 Å². The highest BCUT2D eigenvalue weighted by Gasteiger charge is 2.34. The van der Waals surface area contributed by atoms with Crippen LogP contribution in [0.25, 0.3) is 10.2 Å². The highest BCUT2D eigenvalue weighted by Crippen LogP contribution is 2.55. The van der Waals surface area contributed by atoms with Gasteiger partial charge in [-0.1, -0.05) is 109 Å². The molecule has 0 bridgehead atoms. The minimum Gasteiger partial charge on any atom is -0.383 e. The van der Waals surface area contributed by atoms with Crippen LogP contribution >= 0.6 is 34.9 Å². The molecule has 43 heavy (non-hydrogen) atoms. The van der Waals surface area contributed by atoms with Crippen molar-refractivity contribution in [3.05, 3.63) is 143 Å². The summed E-state index contributed by atoms with van der Waals surface area (Å²) in [5.74, 6) is 0.602. The van der Waals surface area contributed by atoms with Gasteiger partial charge in [-0.3, -0.25) is 9.69 Å². The number of fused-ring (bicyclic) bond motifs is 3. The van der Waals surface area contributed by atoms with E-state index in [1.165, 1.54) is 33.3 Å². The van der Waals surface area contributed by atoms with E-state index >= 15 is 0 Å². The zero-order valence-corrected chi connectivity index (χ0v) is 25.6. The molecule has 6 aromatic rings. The molecule has 2 atom stereocenters. The van der Waals surface area contributed by atoms with E-state index in [2.05, 4.69) is 60.7 Å².